The predicted molar refractivity (Wildman–Crippen MR) is 74.8 cm³/mol. The second-order valence-corrected chi connectivity index (χ2v) is 4.64. The fraction of sp³-hybridized carbons (Fsp3) is 0.333. The summed E-state index contributed by atoms with van der Waals surface area (Å²) < 4.78 is 7.11. The highest BCUT2D eigenvalue weighted by Gasteiger charge is 2.17. The van der Waals surface area contributed by atoms with Gasteiger partial charge in [0.2, 0.25) is 0 Å². The number of hydrogen-bond acceptors (Lipinski definition) is 3. The molecule has 4 nitrogen and oxygen atoms in total. The van der Waals surface area contributed by atoms with Crippen LogP contribution in [0.5, 0.6) is 5.75 Å². The Hall–Kier alpha value is -2.10. The maximum Gasteiger partial charge on any atom is 0.168 e. The van der Waals surface area contributed by atoms with Gasteiger partial charge < -0.3 is 9.30 Å². The second-order valence-electron chi connectivity index (χ2n) is 4.64. The normalized spacial score (nSPS) is 10.6. The van der Waals surface area contributed by atoms with Crippen molar-refractivity contribution in [3.05, 3.63) is 34.8 Å². The summed E-state index contributed by atoms with van der Waals surface area (Å²) in [6, 6.07) is 3.87. The van der Waals surface area contributed by atoms with E-state index in [1.54, 1.807) is 11.7 Å². The molecule has 19 heavy (non-hydrogen) atoms. The molecule has 1 aromatic heterocycles. The minimum absolute atomic E-state index is 0.602. The van der Waals surface area contributed by atoms with Gasteiger partial charge in [0.15, 0.2) is 6.29 Å². The van der Waals surface area contributed by atoms with E-state index in [9.17, 15) is 4.79 Å². The van der Waals surface area contributed by atoms with Crippen LogP contribution in [-0.4, -0.2) is 22.9 Å². The van der Waals surface area contributed by atoms with Crippen LogP contribution in [0.4, 0.5) is 0 Å². The fourth-order valence-corrected chi connectivity index (χ4v) is 2.23. The Bertz CT molecular complexity index is 642. The number of nitrogens with zero attached hydrogens (tertiary/aromatic N) is 2. The summed E-state index contributed by atoms with van der Waals surface area (Å²) in [6.07, 6.45) is 0.855. The lowest BCUT2D eigenvalue weighted by molar-refractivity contribution is 0.111. The van der Waals surface area contributed by atoms with Crippen molar-refractivity contribution >= 4 is 6.29 Å². The standard InChI is InChI=1S/C15H18N2O2/c1-9-10(2)14(19-5)7-6-12(9)15-13(8-18)17(4)11(3)16-15/h6-8H,1-5H3. The van der Waals surface area contributed by atoms with E-state index in [2.05, 4.69) is 4.98 Å². The molecule has 0 amide bonds. The zero-order valence-corrected chi connectivity index (χ0v) is 11.9. The molecule has 0 aliphatic rings. The van der Waals surface area contributed by atoms with Crippen molar-refractivity contribution in [2.24, 2.45) is 7.05 Å². The molecule has 0 fully saturated rings. The first-order valence-electron chi connectivity index (χ1n) is 6.14. The highest BCUT2D eigenvalue weighted by atomic mass is 16.5. The number of ether oxygens (including phenoxy) is 1. The van der Waals surface area contributed by atoms with E-state index in [1.807, 2.05) is 40.0 Å². The number of hydrogen-bond donors (Lipinski definition) is 0. The van der Waals surface area contributed by atoms with Gasteiger partial charge in [0.05, 0.1) is 12.8 Å². The molecule has 1 heterocycles. The first-order chi connectivity index (χ1) is 9.01. The molecule has 0 radical (unpaired) electrons. The number of carbonyl (C=O) groups excluding carboxylic acids is 1. The zero-order chi connectivity index (χ0) is 14.2. The Labute approximate surface area is 113 Å². The van der Waals surface area contributed by atoms with Crippen molar-refractivity contribution in [3.8, 4) is 17.0 Å². The van der Waals surface area contributed by atoms with E-state index in [1.165, 1.54) is 0 Å². The van der Waals surface area contributed by atoms with Crippen LogP contribution in [-0.2, 0) is 7.05 Å². The Kier molecular flexibility index (Phi) is 3.42. The van der Waals surface area contributed by atoms with Gasteiger partial charge in [-0.2, -0.15) is 0 Å². The van der Waals surface area contributed by atoms with Gasteiger partial charge in [-0.3, -0.25) is 4.79 Å². The quantitative estimate of drug-likeness (QED) is 0.795. The zero-order valence-electron chi connectivity index (χ0n) is 11.9. The molecule has 0 bridgehead atoms. The molecule has 4 heteroatoms. The first kappa shape index (κ1) is 13.3. The van der Waals surface area contributed by atoms with Crippen LogP contribution in [0.1, 0.15) is 27.4 Å². The SMILES string of the molecule is COc1ccc(-c2nc(C)n(C)c2C=O)c(C)c1C. The largest absolute Gasteiger partial charge is 0.496 e. The topological polar surface area (TPSA) is 44.1 Å². The number of rotatable bonds is 3. The van der Waals surface area contributed by atoms with Gasteiger partial charge >= 0.3 is 0 Å². The molecule has 100 valence electrons. The molecule has 2 aromatic rings. The molecule has 0 saturated carbocycles. The maximum absolute atomic E-state index is 11.3. The molecular formula is C15H18N2O2. The molecule has 0 saturated heterocycles. The summed E-state index contributed by atoms with van der Waals surface area (Å²) in [4.78, 5) is 15.8. The van der Waals surface area contributed by atoms with Crippen molar-refractivity contribution in [3.63, 3.8) is 0 Å². The van der Waals surface area contributed by atoms with Crippen molar-refractivity contribution in [2.75, 3.05) is 7.11 Å². The Morgan fingerprint density at radius 3 is 2.47 bits per heavy atom. The summed E-state index contributed by atoms with van der Waals surface area (Å²) in [6.45, 7) is 5.92. The monoisotopic (exact) mass is 258 g/mol. The van der Waals surface area contributed by atoms with Crippen molar-refractivity contribution in [1.29, 1.82) is 0 Å². The van der Waals surface area contributed by atoms with Crippen LogP contribution in [0.2, 0.25) is 0 Å². The molecule has 0 aliphatic heterocycles. The third-order valence-electron chi connectivity index (χ3n) is 3.69. The number of aldehydes is 1. The lowest BCUT2D eigenvalue weighted by Gasteiger charge is -2.11. The van der Waals surface area contributed by atoms with E-state index in [0.717, 1.165) is 40.2 Å². The van der Waals surface area contributed by atoms with Gasteiger partial charge in [-0.25, -0.2) is 4.98 Å². The molecule has 0 N–H and O–H groups in total. The summed E-state index contributed by atoms with van der Waals surface area (Å²) >= 11 is 0. The number of carbonyl (C=O) groups is 1. The van der Waals surface area contributed by atoms with Crippen LogP contribution in [0, 0.1) is 20.8 Å². The van der Waals surface area contributed by atoms with E-state index >= 15 is 0 Å². The van der Waals surface area contributed by atoms with Gasteiger partial charge in [0.1, 0.15) is 17.3 Å². The van der Waals surface area contributed by atoms with Crippen LogP contribution >= 0.6 is 0 Å². The second kappa shape index (κ2) is 4.88. The summed E-state index contributed by atoms with van der Waals surface area (Å²) in [5.41, 5.74) is 4.47. The molecule has 2 rings (SSSR count). The van der Waals surface area contributed by atoms with Gasteiger partial charge in [0, 0.05) is 12.6 Å². The van der Waals surface area contributed by atoms with Crippen LogP contribution < -0.4 is 4.74 Å². The Morgan fingerprint density at radius 1 is 1.21 bits per heavy atom. The Balaban J connectivity index is 2.70. The number of benzene rings is 1. The van der Waals surface area contributed by atoms with E-state index in [-0.39, 0.29) is 0 Å². The summed E-state index contributed by atoms with van der Waals surface area (Å²) in [7, 11) is 3.50. The maximum atomic E-state index is 11.3. The van der Waals surface area contributed by atoms with Gasteiger partial charge in [0.25, 0.3) is 0 Å². The average molecular weight is 258 g/mol. The molecule has 0 spiro atoms. The predicted octanol–water partition coefficient (Wildman–Crippen LogP) is 2.83. The fourth-order valence-electron chi connectivity index (χ4n) is 2.23. The first-order valence-corrected chi connectivity index (χ1v) is 6.14. The van der Waals surface area contributed by atoms with Gasteiger partial charge in [-0.15, -0.1) is 0 Å². The van der Waals surface area contributed by atoms with Crippen LogP contribution in [0.15, 0.2) is 12.1 Å². The molecule has 1 aromatic carbocycles. The number of methoxy groups -OCH3 is 1. The van der Waals surface area contributed by atoms with E-state index in [4.69, 9.17) is 4.74 Å². The van der Waals surface area contributed by atoms with Gasteiger partial charge in [-0.05, 0) is 44.0 Å². The third kappa shape index (κ3) is 2.03. The average Bonchev–Trinajstić information content (AvgIpc) is 2.68. The minimum atomic E-state index is 0.602. The van der Waals surface area contributed by atoms with Crippen molar-refractivity contribution < 1.29 is 9.53 Å². The highest BCUT2D eigenvalue weighted by molar-refractivity contribution is 5.85. The molecule has 0 aliphatic carbocycles. The van der Waals surface area contributed by atoms with Crippen LogP contribution in [0.25, 0.3) is 11.3 Å². The highest BCUT2D eigenvalue weighted by Crippen LogP contribution is 2.32. The summed E-state index contributed by atoms with van der Waals surface area (Å²) in [5.74, 6) is 1.67. The van der Waals surface area contributed by atoms with E-state index in [0.29, 0.717) is 5.69 Å². The number of aryl methyl sites for hydroxylation is 1. The van der Waals surface area contributed by atoms with Crippen molar-refractivity contribution in [2.45, 2.75) is 20.8 Å². The molecule has 0 atom stereocenters. The molecular weight excluding hydrogens is 240 g/mol. The van der Waals surface area contributed by atoms with Crippen LogP contribution in [0.3, 0.4) is 0 Å². The number of aromatic nitrogens is 2. The van der Waals surface area contributed by atoms with Gasteiger partial charge in [-0.1, -0.05) is 0 Å². The summed E-state index contributed by atoms with van der Waals surface area (Å²) in [5, 5.41) is 0. The molecule has 0 unspecified atom stereocenters. The van der Waals surface area contributed by atoms with E-state index < -0.39 is 0 Å². The minimum Gasteiger partial charge on any atom is -0.496 e. The smallest absolute Gasteiger partial charge is 0.168 e. The van der Waals surface area contributed by atoms with Crippen molar-refractivity contribution in [1.82, 2.24) is 9.55 Å². The third-order valence-corrected chi connectivity index (χ3v) is 3.69. The lowest BCUT2D eigenvalue weighted by Crippen LogP contribution is -1.98. The lowest BCUT2D eigenvalue weighted by atomic mass is 9.99. The number of imidazole rings is 1. The Morgan fingerprint density at radius 2 is 1.89 bits per heavy atom.